The zero-order valence-corrected chi connectivity index (χ0v) is 13.6. The Balaban J connectivity index is 1.71. The summed E-state index contributed by atoms with van der Waals surface area (Å²) < 4.78 is 29.9. The first-order valence-corrected chi connectivity index (χ1v) is 9.21. The minimum absolute atomic E-state index is 0.103. The molecule has 118 valence electrons. The molecular formula is C14H16ClN3O3S. The lowest BCUT2D eigenvalue weighted by atomic mass is 9.98. The molecule has 0 unspecified atom stereocenters. The molecule has 1 aliphatic heterocycles. The van der Waals surface area contributed by atoms with Crippen LogP contribution in [0.15, 0.2) is 28.8 Å². The highest BCUT2D eigenvalue weighted by molar-refractivity contribution is 7.88. The summed E-state index contributed by atoms with van der Waals surface area (Å²) in [5.74, 6) is 1.20. The molecule has 0 amide bonds. The van der Waals surface area contributed by atoms with Crippen molar-refractivity contribution < 1.29 is 12.9 Å². The molecule has 1 aromatic carbocycles. The second-order valence-corrected chi connectivity index (χ2v) is 7.82. The highest BCUT2D eigenvalue weighted by atomic mass is 35.5. The molecular weight excluding hydrogens is 326 g/mol. The van der Waals surface area contributed by atoms with Crippen LogP contribution in [0.5, 0.6) is 0 Å². The van der Waals surface area contributed by atoms with Crippen LogP contribution in [-0.2, 0) is 10.0 Å². The van der Waals surface area contributed by atoms with Crippen LogP contribution in [0.2, 0.25) is 5.02 Å². The number of rotatable bonds is 3. The molecule has 6 nitrogen and oxygen atoms in total. The second kappa shape index (κ2) is 5.98. The van der Waals surface area contributed by atoms with Crippen LogP contribution < -0.4 is 0 Å². The Morgan fingerprint density at radius 3 is 2.45 bits per heavy atom. The van der Waals surface area contributed by atoms with Gasteiger partial charge in [-0.15, -0.1) is 0 Å². The van der Waals surface area contributed by atoms with Crippen LogP contribution >= 0.6 is 11.6 Å². The van der Waals surface area contributed by atoms with E-state index in [1.165, 1.54) is 10.6 Å². The highest BCUT2D eigenvalue weighted by Gasteiger charge is 2.29. The Hall–Kier alpha value is -1.44. The van der Waals surface area contributed by atoms with Gasteiger partial charge < -0.3 is 4.52 Å². The molecule has 0 atom stereocenters. The fraction of sp³-hybridized carbons (Fsp3) is 0.429. The predicted molar refractivity (Wildman–Crippen MR) is 83.1 cm³/mol. The number of nitrogens with zero attached hydrogens (tertiary/aromatic N) is 3. The number of hydrogen-bond donors (Lipinski definition) is 0. The van der Waals surface area contributed by atoms with Gasteiger partial charge in [0.25, 0.3) is 0 Å². The molecule has 1 aliphatic rings. The van der Waals surface area contributed by atoms with Crippen molar-refractivity contribution in [2.75, 3.05) is 19.3 Å². The van der Waals surface area contributed by atoms with Crippen molar-refractivity contribution in [3.63, 3.8) is 0 Å². The molecule has 22 heavy (non-hydrogen) atoms. The Morgan fingerprint density at radius 1 is 1.23 bits per heavy atom. The Kier molecular flexibility index (Phi) is 4.20. The molecule has 1 saturated heterocycles. The van der Waals surface area contributed by atoms with E-state index in [4.69, 9.17) is 16.1 Å². The van der Waals surface area contributed by atoms with Crippen LogP contribution in [-0.4, -0.2) is 42.2 Å². The van der Waals surface area contributed by atoms with Gasteiger partial charge in [-0.05, 0) is 37.1 Å². The minimum Gasteiger partial charge on any atom is -0.339 e. The van der Waals surface area contributed by atoms with Crippen LogP contribution in [0, 0.1) is 0 Å². The van der Waals surface area contributed by atoms with Gasteiger partial charge >= 0.3 is 0 Å². The molecule has 3 rings (SSSR count). The van der Waals surface area contributed by atoms with Crippen molar-refractivity contribution in [2.45, 2.75) is 18.8 Å². The van der Waals surface area contributed by atoms with Crippen molar-refractivity contribution >= 4 is 21.6 Å². The molecule has 1 fully saturated rings. The van der Waals surface area contributed by atoms with Gasteiger partial charge in [-0.1, -0.05) is 16.8 Å². The first-order valence-electron chi connectivity index (χ1n) is 6.98. The number of piperidine rings is 1. The average Bonchev–Trinajstić information content (AvgIpc) is 2.97. The molecule has 8 heteroatoms. The van der Waals surface area contributed by atoms with E-state index >= 15 is 0 Å². The standard InChI is InChI=1S/C14H16ClN3O3S/c1-22(19,20)18-8-6-11(7-9-18)14-16-13(17-21-14)10-2-4-12(15)5-3-10/h2-5,11H,6-9H2,1H3. The second-order valence-electron chi connectivity index (χ2n) is 5.40. The maximum Gasteiger partial charge on any atom is 0.230 e. The summed E-state index contributed by atoms with van der Waals surface area (Å²) in [5.41, 5.74) is 0.841. The smallest absolute Gasteiger partial charge is 0.230 e. The van der Waals surface area contributed by atoms with Crippen LogP contribution in [0.4, 0.5) is 0 Å². The molecule has 0 N–H and O–H groups in total. The minimum atomic E-state index is -3.12. The molecule has 0 radical (unpaired) electrons. The van der Waals surface area contributed by atoms with Crippen molar-refractivity contribution in [2.24, 2.45) is 0 Å². The van der Waals surface area contributed by atoms with Crippen molar-refractivity contribution in [3.8, 4) is 11.4 Å². The molecule has 0 saturated carbocycles. The number of sulfonamides is 1. The summed E-state index contributed by atoms with van der Waals surface area (Å²) in [6.07, 6.45) is 2.61. The number of halogens is 1. The van der Waals surface area contributed by atoms with E-state index in [0.717, 1.165) is 5.56 Å². The third-order valence-corrected chi connectivity index (χ3v) is 5.37. The zero-order chi connectivity index (χ0) is 15.7. The first-order chi connectivity index (χ1) is 10.4. The van der Waals surface area contributed by atoms with Crippen LogP contribution in [0.3, 0.4) is 0 Å². The molecule has 0 bridgehead atoms. The normalized spacial score (nSPS) is 17.7. The lowest BCUT2D eigenvalue weighted by Gasteiger charge is -2.28. The lowest BCUT2D eigenvalue weighted by molar-refractivity contribution is 0.271. The maximum atomic E-state index is 11.5. The van der Waals surface area contributed by atoms with E-state index in [1.807, 2.05) is 12.1 Å². The molecule has 0 spiro atoms. The summed E-state index contributed by atoms with van der Waals surface area (Å²) in [5, 5.41) is 4.65. The number of aromatic nitrogens is 2. The van der Waals surface area contributed by atoms with E-state index in [9.17, 15) is 8.42 Å². The molecule has 0 aliphatic carbocycles. The van der Waals surface area contributed by atoms with E-state index in [-0.39, 0.29) is 5.92 Å². The van der Waals surface area contributed by atoms with E-state index in [0.29, 0.717) is 42.7 Å². The van der Waals surface area contributed by atoms with Crippen LogP contribution in [0.1, 0.15) is 24.7 Å². The van der Waals surface area contributed by atoms with Gasteiger partial charge in [0.1, 0.15) is 0 Å². The third-order valence-electron chi connectivity index (χ3n) is 3.82. The highest BCUT2D eigenvalue weighted by Crippen LogP contribution is 2.29. The van der Waals surface area contributed by atoms with Gasteiger partial charge in [0, 0.05) is 29.6 Å². The fourth-order valence-electron chi connectivity index (χ4n) is 2.55. The summed E-state index contributed by atoms with van der Waals surface area (Å²) in [6.45, 7) is 0.977. The van der Waals surface area contributed by atoms with Gasteiger partial charge in [-0.2, -0.15) is 4.98 Å². The Morgan fingerprint density at radius 2 is 1.86 bits per heavy atom. The van der Waals surface area contributed by atoms with E-state index in [1.54, 1.807) is 12.1 Å². The largest absolute Gasteiger partial charge is 0.339 e. The van der Waals surface area contributed by atoms with Crippen molar-refractivity contribution in [1.29, 1.82) is 0 Å². The summed E-state index contributed by atoms with van der Waals surface area (Å²) >= 11 is 5.86. The van der Waals surface area contributed by atoms with Gasteiger partial charge in [0.05, 0.1) is 6.26 Å². The maximum absolute atomic E-state index is 11.5. The Bertz CT molecular complexity index is 750. The van der Waals surface area contributed by atoms with Gasteiger partial charge in [0.15, 0.2) is 0 Å². The fourth-order valence-corrected chi connectivity index (χ4v) is 3.55. The van der Waals surface area contributed by atoms with Crippen LogP contribution in [0.25, 0.3) is 11.4 Å². The molecule has 2 aromatic rings. The average molecular weight is 342 g/mol. The molecule has 2 heterocycles. The number of hydrogen-bond acceptors (Lipinski definition) is 5. The van der Waals surface area contributed by atoms with Gasteiger partial charge in [-0.25, -0.2) is 12.7 Å². The number of benzene rings is 1. The van der Waals surface area contributed by atoms with Crippen molar-refractivity contribution in [3.05, 3.63) is 35.2 Å². The monoisotopic (exact) mass is 341 g/mol. The lowest BCUT2D eigenvalue weighted by Crippen LogP contribution is -2.37. The summed E-state index contributed by atoms with van der Waals surface area (Å²) in [7, 11) is -3.12. The molecule has 1 aromatic heterocycles. The quantitative estimate of drug-likeness (QED) is 0.857. The van der Waals surface area contributed by atoms with Crippen molar-refractivity contribution in [1.82, 2.24) is 14.4 Å². The van der Waals surface area contributed by atoms with Gasteiger partial charge in [0.2, 0.25) is 21.7 Å². The predicted octanol–water partition coefficient (Wildman–Crippen LogP) is 2.53. The SMILES string of the molecule is CS(=O)(=O)N1CCC(c2nc(-c3ccc(Cl)cc3)no2)CC1. The van der Waals surface area contributed by atoms with E-state index < -0.39 is 10.0 Å². The summed E-state index contributed by atoms with van der Waals surface area (Å²) in [4.78, 5) is 4.43. The first kappa shape index (κ1) is 15.5. The summed E-state index contributed by atoms with van der Waals surface area (Å²) in [6, 6.07) is 7.22. The third kappa shape index (κ3) is 3.31. The van der Waals surface area contributed by atoms with Gasteiger partial charge in [-0.3, -0.25) is 0 Å². The van der Waals surface area contributed by atoms with E-state index in [2.05, 4.69) is 10.1 Å². The zero-order valence-electron chi connectivity index (χ0n) is 12.1. The topological polar surface area (TPSA) is 76.3 Å². The Labute approximate surface area is 134 Å².